The van der Waals surface area contributed by atoms with E-state index >= 15 is 0 Å². The fourth-order valence-electron chi connectivity index (χ4n) is 3.06. The Balaban J connectivity index is 2.42. The summed E-state index contributed by atoms with van der Waals surface area (Å²) in [6.45, 7) is 5.47. The van der Waals surface area contributed by atoms with Gasteiger partial charge in [-0.1, -0.05) is 6.07 Å². The Labute approximate surface area is 175 Å². The summed E-state index contributed by atoms with van der Waals surface area (Å²) >= 11 is 0. The monoisotopic (exact) mass is 415 g/mol. The molecule has 1 unspecified atom stereocenters. The van der Waals surface area contributed by atoms with E-state index in [-0.39, 0.29) is 41.9 Å². The number of nitrogens with two attached hydrogens (primary N) is 1. The molecule has 160 valence electrons. The number of methoxy groups -OCH3 is 1. The lowest BCUT2D eigenvalue weighted by atomic mass is 9.83. The van der Waals surface area contributed by atoms with Gasteiger partial charge in [-0.3, -0.25) is 4.79 Å². The molecule has 0 aliphatic carbocycles. The first kappa shape index (κ1) is 22.6. The van der Waals surface area contributed by atoms with Crippen LogP contribution in [0.3, 0.4) is 0 Å². The highest BCUT2D eigenvalue weighted by Gasteiger charge is 2.36. The lowest BCUT2D eigenvalue weighted by molar-refractivity contribution is -0.139. The number of ether oxygens (including phenoxy) is 4. The van der Waals surface area contributed by atoms with Crippen molar-refractivity contribution >= 4 is 11.9 Å². The number of nitrogens with zero attached hydrogens (tertiary/aromatic N) is 1. The molecule has 1 atom stereocenters. The van der Waals surface area contributed by atoms with Gasteiger partial charge in [0, 0.05) is 6.92 Å². The summed E-state index contributed by atoms with van der Waals surface area (Å²) in [5.41, 5.74) is 6.80. The molecule has 0 saturated heterocycles. The number of nitriles is 1. The Morgan fingerprint density at radius 1 is 1.33 bits per heavy atom. The zero-order valence-electron chi connectivity index (χ0n) is 17.4. The van der Waals surface area contributed by atoms with E-state index < -0.39 is 11.9 Å². The summed E-state index contributed by atoms with van der Waals surface area (Å²) in [6, 6.07) is 7.08. The molecule has 1 aromatic rings. The molecule has 1 aliphatic heterocycles. The molecule has 9 nitrogen and oxygen atoms in total. The van der Waals surface area contributed by atoms with E-state index in [9.17, 15) is 14.9 Å². The van der Waals surface area contributed by atoms with Gasteiger partial charge in [-0.2, -0.15) is 5.26 Å². The molecule has 9 heteroatoms. The number of benzene rings is 1. The first-order valence-electron chi connectivity index (χ1n) is 9.34. The molecule has 0 bridgehead atoms. The summed E-state index contributed by atoms with van der Waals surface area (Å²) in [4.78, 5) is 23.5. The first-order chi connectivity index (χ1) is 14.3. The van der Waals surface area contributed by atoms with Crippen LogP contribution in [0.4, 0.5) is 0 Å². The zero-order chi connectivity index (χ0) is 22.3. The molecule has 1 aromatic carbocycles. The van der Waals surface area contributed by atoms with Crippen LogP contribution in [-0.2, 0) is 19.1 Å². The number of carbonyl (C=O) groups excluding carboxylic acids is 2. The molecule has 0 saturated carbocycles. The second-order valence-electron chi connectivity index (χ2n) is 6.36. The van der Waals surface area contributed by atoms with Gasteiger partial charge in [0.15, 0.2) is 11.5 Å². The van der Waals surface area contributed by atoms with Gasteiger partial charge in [0.25, 0.3) is 0 Å². The van der Waals surface area contributed by atoms with Gasteiger partial charge in [0.1, 0.15) is 24.0 Å². The highest BCUT2D eigenvalue weighted by Crippen LogP contribution is 2.42. The van der Waals surface area contributed by atoms with E-state index in [4.69, 9.17) is 24.7 Å². The Morgan fingerprint density at radius 2 is 2.07 bits per heavy atom. The molecule has 1 amide bonds. The maximum atomic E-state index is 12.6. The van der Waals surface area contributed by atoms with Gasteiger partial charge in [0.2, 0.25) is 11.8 Å². The fourth-order valence-corrected chi connectivity index (χ4v) is 3.06. The predicted molar refractivity (Wildman–Crippen MR) is 107 cm³/mol. The van der Waals surface area contributed by atoms with Gasteiger partial charge < -0.3 is 30.0 Å². The van der Waals surface area contributed by atoms with Crippen LogP contribution in [-0.4, -0.2) is 38.7 Å². The second-order valence-corrected chi connectivity index (χ2v) is 6.36. The van der Waals surface area contributed by atoms with E-state index in [1.54, 1.807) is 32.0 Å². The molecular formula is C21H25N3O6. The average Bonchev–Trinajstić information content (AvgIpc) is 2.70. The van der Waals surface area contributed by atoms with Crippen molar-refractivity contribution < 1.29 is 28.5 Å². The third-order valence-electron chi connectivity index (χ3n) is 4.36. The predicted octanol–water partition coefficient (Wildman–Crippen LogP) is 1.85. The van der Waals surface area contributed by atoms with Crippen molar-refractivity contribution in [3.63, 3.8) is 0 Å². The molecule has 3 N–H and O–H groups in total. The van der Waals surface area contributed by atoms with Crippen molar-refractivity contribution in [2.75, 3.05) is 26.9 Å². The summed E-state index contributed by atoms with van der Waals surface area (Å²) < 4.78 is 21.6. The fraction of sp³-hybridized carbons (Fsp3) is 0.381. The van der Waals surface area contributed by atoms with Crippen molar-refractivity contribution in [2.24, 2.45) is 5.73 Å². The topological polar surface area (TPSA) is 133 Å². The Kier molecular flexibility index (Phi) is 7.69. The highest BCUT2D eigenvalue weighted by atomic mass is 16.5. The number of allylic oxidation sites excluding steroid dienone is 2. The minimum absolute atomic E-state index is 0.0670. The SMILES string of the molecule is CCOC(=O)C1=C(C)OC(N)=C(C#N)C1c1ccc(OCCNC(C)=O)c(OC)c1. The van der Waals surface area contributed by atoms with Gasteiger partial charge in [-0.15, -0.1) is 0 Å². The van der Waals surface area contributed by atoms with Gasteiger partial charge >= 0.3 is 5.97 Å². The summed E-state index contributed by atoms with van der Waals surface area (Å²) in [6.07, 6.45) is 0. The number of hydrogen-bond donors (Lipinski definition) is 2. The molecule has 0 aromatic heterocycles. The molecule has 0 fully saturated rings. The number of nitrogens with one attached hydrogen (secondary N) is 1. The second kappa shape index (κ2) is 10.2. The molecule has 2 rings (SSSR count). The van der Waals surface area contributed by atoms with Gasteiger partial charge in [0.05, 0.1) is 31.8 Å². The third kappa shape index (κ3) is 5.03. The van der Waals surface area contributed by atoms with E-state index in [2.05, 4.69) is 5.32 Å². The van der Waals surface area contributed by atoms with Crippen LogP contribution >= 0.6 is 0 Å². The molecule has 1 aliphatic rings. The Hall–Kier alpha value is -3.67. The maximum absolute atomic E-state index is 12.6. The van der Waals surface area contributed by atoms with E-state index in [0.717, 1.165) is 0 Å². The summed E-state index contributed by atoms with van der Waals surface area (Å²) in [7, 11) is 1.48. The van der Waals surface area contributed by atoms with Crippen LogP contribution in [0.15, 0.2) is 41.0 Å². The van der Waals surface area contributed by atoms with Crippen molar-refractivity contribution in [1.29, 1.82) is 5.26 Å². The highest BCUT2D eigenvalue weighted by molar-refractivity contribution is 5.92. The average molecular weight is 415 g/mol. The van der Waals surface area contributed by atoms with Crippen LogP contribution in [0.1, 0.15) is 32.3 Å². The smallest absolute Gasteiger partial charge is 0.338 e. The molecule has 0 radical (unpaired) electrons. The lowest BCUT2D eigenvalue weighted by Gasteiger charge is -2.27. The normalized spacial score (nSPS) is 15.8. The Morgan fingerprint density at radius 3 is 2.67 bits per heavy atom. The van der Waals surface area contributed by atoms with Crippen LogP contribution in [0.2, 0.25) is 0 Å². The van der Waals surface area contributed by atoms with E-state index in [0.29, 0.717) is 23.6 Å². The summed E-state index contributed by atoms with van der Waals surface area (Å²) in [5.74, 6) is -0.458. The number of esters is 1. The minimum atomic E-state index is -0.773. The maximum Gasteiger partial charge on any atom is 0.338 e. The van der Waals surface area contributed by atoms with Crippen LogP contribution < -0.4 is 20.5 Å². The number of rotatable bonds is 8. The quantitative estimate of drug-likeness (QED) is 0.485. The number of hydrogen-bond acceptors (Lipinski definition) is 8. The van der Waals surface area contributed by atoms with Gasteiger partial charge in [-0.05, 0) is 31.5 Å². The molecule has 1 heterocycles. The zero-order valence-corrected chi connectivity index (χ0v) is 17.4. The van der Waals surface area contributed by atoms with Gasteiger partial charge in [-0.25, -0.2) is 4.79 Å². The first-order valence-corrected chi connectivity index (χ1v) is 9.34. The largest absolute Gasteiger partial charge is 0.493 e. The number of amides is 1. The molecular weight excluding hydrogens is 390 g/mol. The van der Waals surface area contributed by atoms with E-state index in [1.807, 2.05) is 6.07 Å². The molecule has 0 spiro atoms. The van der Waals surface area contributed by atoms with Crippen molar-refractivity contribution in [2.45, 2.75) is 26.7 Å². The van der Waals surface area contributed by atoms with Crippen molar-refractivity contribution in [3.8, 4) is 17.6 Å². The standard InChI is InChI=1S/C21H25N3O6/c1-5-28-21(26)18-12(2)30-20(23)15(11-22)19(18)14-6-7-16(17(10-14)27-4)29-9-8-24-13(3)25/h6-7,10,19H,5,8-9,23H2,1-4H3,(H,24,25). The summed E-state index contributed by atoms with van der Waals surface area (Å²) in [5, 5.41) is 12.3. The molecule has 30 heavy (non-hydrogen) atoms. The van der Waals surface area contributed by atoms with Crippen LogP contribution in [0.5, 0.6) is 11.5 Å². The third-order valence-corrected chi connectivity index (χ3v) is 4.36. The van der Waals surface area contributed by atoms with Crippen molar-refractivity contribution in [3.05, 3.63) is 46.6 Å². The van der Waals surface area contributed by atoms with Crippen molar-refractivity contribution in [1.82, 2.24) is 5.32 Å². The van der Waals surface area contributed by atoms with Crippen LogP contribution in [0, 0.1) is 11.3 Å². The van der Waals surface area contributed by atoms with E-state index in [1.165, 1.54) is 14.0 Å². The lowest BCUT2D eigenvalue weighted by Crippen LogP contribution is -2.26. The Bertz CT molecular complexity index is 929. The number of carbonyl (C=O) groups is 2. The minimum Gasteiger partial charge on any atom is -0.493 e. The van der Waals surface area contributed by atoms with Crippen LogP contribution in [0.25, 0.3) is 0 Å².